The number of aromatic carboxylic acids is 1. The Bertz CT molecular complexity index is 1090. The first-order chi connectivity index (χ1) is 16.4. The van der Waals surface area contributed by atoms with Gasteiger partial charge in [0.05, 0.1) is 12.1 Å². The van der Waals surface area contributed by atoms with Gasteiger partial charge in [0.2, 0.25) is 5.91 Å². The number of primary amides is 1. The molecule has 4 rings (SSSR count). The number of rotatable bonds is 9. The second-order valence-corrected chi connectivity index (χ2v) is 8.67. The molecule has 1 aliphatic rings. The average Bonchev–Trinajstić information content (AvgIpc) is 3.41. The number of amides is 1. The van der Waals surface area contributed by atoms with Crippen LogP contribution in [-0.2, 0) is 4.79 Å². The standard InChI is InChI=1S/C23H26N2O3.C4H9NO/c1-17-6-4-13-24(17)14-5-15-28-20-11-9-19(10-12-20)25-21-8-3-2-7-18(21)16-22(25)23(26)27;1-2-3-4(5)6/h2-3,7-12,16-17H,4-6,13-15H2,1H3,(H,26,27);2-3H2,1H3,(H2,5,6)/t17-;/m1./s1. The molecule has 0 radical (unpaired) electrons. The summed E-state index contributed by atoms with van der Waals surface area (Å²) in [6, 6.07) is 17.8. The third kappa shape index (κ3) is 6.60. The Hall–Kier alpha value is -3.32. The highest BCUT2D eigenvalue weighted by Gasteiger charge is 2.19. The smallest absolute Gasteiger partial charge is 0.352 e. The maximum absolute atomic E-state index is 11.7. The highest BCUT2D eigenvalue weighted by molar-refractivity contribution is 5.96. The largest absolute Gasteiger partial charge is 0.494 e. The van der Waals surface area contributed by atoms with Gasteiger partial charge in [-0.1, -0.05) is 25.1 Å². The fourth-order valence-corrected chi connectivity index (χ4v) is 4.31. The van der Waals surface area contributed by atoms with E-state index in [1.807, 2.05) is 55.5 Å². The maximum Gasteiger partial charge on any atom is 0.352 e. The lowest BCUT2D eigenvalue weighted by molar-refractivity contribution is -0.118. The number of aromatic nitrogens is 1. The molecule has 0 bridgehead atoms. The lowest BCUT2D eigenvalue weighted by atomic mass is 10.2. The molecule has 1 aliphatic heterocycles. The number of carboxylic acids is 1. The molecule has 1 atom stereocenters. The molecule has 0 saturated carbocycles. The van der Waals surface area contributed by atoms with Gasteiger partial charge in [-0.15, -0.1) is 0 Å². The van der Waals surface area contributed by atoms with Crippen molar-refractivity contribution in [3.05, 3.63) is 60.3 Å². The van der Waals surface area contributed by atoms with Crippen molar-refractivity contribution in [2.24, 2.45) is 5.73 Å². The Morgan fingerprint density at radius 3 is 2.47 bits per heavy atom. The number of nitrogens with zero attached hydrogens (tertiary/aromatic N) is 2. The number of carbonyl (C=O) groups excluding carboxylic acids is 1. The van der Waals surface area contributed by atoms with Crippen molar-refractivity contribution >= 4 is 22.8 Å². The first-order valence-corrected chi connectivity index (χ1v) is 12.0. The van der Waals surface area contributed by atoms with Gasteiger partial charge in [-0.3, -0.25) is 4.79 Å². The summed E-state index contributed by atoms with van der Waals surface area (Å²) < 4.78 is 7.66. The van der Waals surface area contributed by atoms with E-state index in [1.165, 1.54) is 19.4 Å². The van der Waals surface area contributed by atoms with Crippen LogP contribution in [0.3, 0.4) is 0 Å². The van der Waals surface area contributed by atoms with Crippen molar-refractivity contribution in [2.45, 2.75) is 52.0 Å². The quantitative estimate of drug-likeness (QED) is 0.440. The summed E-state index contributed by atoms with van der Waals surface area (Å²) in [5.41, 5.74) is 6.72. The van der Waals surface area contributed by atoms with Crippen molar-refractivity contribution in [3.8, 4) is 11.4 Å². The first-order valence-electron chi connectivity index (χ1n) is 12.0. The van der Waals surface area contributed by atoms with Gasteiger partial charge in [0.1, 0.15) is 11.4 Å². The number of para-hydroxylation sites is 1. The van der Waals surface area contributed by atoms with E-state index in [0.717, 1.165) is 41.7 Å². The average molecular weight is 466 g/mol. The highest BCUT2D eigenvalue weighted by atomic mass is 16.5. The molecule has 0 aliphatic carbocycles. The number of carboxylic acid groups (broad SMARTS) is 1. The topological polar surface area (TPSA) is 97.8 Å². The molecular weight excluding hydrogens is 430 g/mol. The van der Waals surface area contributed by atoms with Gasteiger partial charge in [0.15, 0.2) is 0 Å². The van der Waals surface area contributed by atoms with Gasteiger partial charge in [-0.2, -0.15) is 0 Å². The molecule has 2 heterocycles. The number of hydrogen-bond acceptors (Lipinski definition) is 4. The summed E-state index contributed by atoms with van der Waals surface area (Å²) in [5.74, 6) is -0.336. The third-order valence-electron chi connectivity index (χ3n) is 6.07. The monoisotopic (exact) mass is 465 g/mol. The van der Waals surface area contributed by atoms with Gasteiger partial charge in [-0.05, 0) is 75.5 Å². The van der Waals surface area contributed by atoms with E-state index in [2.05, 4.69) is 11.8 Å². The van der Waals surface area contributed by atoms with E-state index in [4.69, 9.17) is 10.5 Å². The second-order valence-electron chi connectivity index (χ2n) is 8.67. The van der Waals surface area contributed by atoms with Crippen molar-refractivity contribution in [1.29, 1.82) is 0 Å². The maximum atomic E-state index is 11.7. The summed E-state index contributed by atoms with van der Waals surface area (Å²) in [6.45, 7) is 7.19. The zero-order valence-corrected chi connectivity index (χ0v) is 20.1. The summed E-state index contributed by atoms with van der Waals surface area (Å²) >= 11 is 0. The minimum atomic E-state index is -0.937. The Labute approximate surface area is 201 Å². The molecular formula is C27H35N3O4. The van der Waals surface area contributed by atoms with Gasteiger partial charge >= 0.3 is 5.97 Å². The zero-order valence-electron chi connectivity index (χ0n) is 20.1. The summed E-state index contributed by atoms with van der Waals surface area (Å²) in [7, 11) is 0. The van der Waals surface area contributed by atoms with Gasteiger partial charge in [0, 0.05) is 30.1 Å². The van der Waals surface area contributed by atoms with Crippen molar-refractivity contribution < 1.29 is 19.4 Å². The normalized spacial score (nSPS) is 15.6. The molecule has 3 N–H and O–H groups in total. The van der Waals surface area contributed by atoms with Gasteiger partial charge in [0.25, 0.3) is 0 Å². The Morgan fingerprint density at radius 2 is 1.88 bits per heavy atom. The number of ether oxygens (including phenoxy) is 1. The molecule has 3 aromatic rings. The number of nitrogens with two attached hydrogens (primary N) is 1. The Kier molecular flexibility index (Phi) is 9.10. The molecule has 2 aromatic carbocycles. The number of fused-ring (bicyclic) bond motifs is 1. The number of carbonyl (C=O) groups is 2. The molecule has 7 nitrogen and oxygen atoms in total. The molecule has 7 heteroatoms. The molecule has 0 unspecified atom stereocenters. The van der Waals surface area contributed by atoms with E-state index >= 15 is 0 Å². The van der Waals surface area contributed by atoms with E-state index < -0.39 is 5.97 Å². The van der Waals surface area contributed by atoms with Crippen LogP contribution in [0.25, 0.3) is 16.6 Å². The van der Waals surface area contributed by atoms with Crippen LogP contribution in [0.15, 0.2) is 54.6 Å². The minimum absolute atomic E-state index is 0.211. The van der Waals surface area contributed by atoms with Gasteiger partial charge < -0.3 is 25.0 Å². The van der Waals surface area contributed by atoms with Crippen LogP contribution >= 0.6 is 0 Å². The Balaban J connectivity index is 0.000000481. The minimum Gasteiger partial charge on any atom is -0.494 e. The van der Waals surface area contributed by atoms with Crippen LogP contribution in [0.5, 0.6) is 5.75 Å². The van der Waals surface area contributed by atoms with Crippen LogP contribution < -0.4 is 10.5 Å². The van der Waals surface area contributed by atoms with E-state index in [9.17, 15) is 14.7 Å². The molecule has 1 saturated heterocycles. The zero-order chi connectivity index (χ0) is 24.5. The molecule has 1 fully saturated rings. The molecule has 1 aromatic heterocycles. The number of hydrogen-bond donors (Lipinski definition) is 2. The predicted molar refractivity (Wildman–Crippen MR) is 135 cm³/mol. The second kappa shape index (κ2) is 12.2. The highest BCUT2D eigenvalue weighted by Crippen LogP contribution is 2.26. The van der Waals surface area contributed by atoms with Gasteiger partial charge in [-0.25, -0.2) is 4.79 Å². The van der Waals surface area contributed by atoms with Crippen LogP contribution in [0.4, 0.5) is 0 Å². The van der Waals surface area contributed by atoms with Crippen LogP contribution in [0, 0.1) is 0 Å². The summed E-state index contributed by atoms with van der Waals surface area (Å²) in [5, 5.41) is 10.5. The van der Waals surface area contributed by atoms with Crippen LogP contribution in [0.1, 0.15) is 56.4 Å². The van der Waals surface area contributed by atoms with E-state index in [-0.39, 0.29) is 11.6 Å². The molecule has 0 spiro atoms. The van der Waals surface area contributed by atoms with Crippen molar-refractivity contribution in [2.75, 3.05) is 19.7 Å². The van der Waals surface area contributed by atoms with Crippen LogP contribution in [0.2, 0.25) is 0 Å². The lowest BCUT2D eigenvalue weighted by Crippen LogP contribution is -2.28. The predicted octanol–water partition coefficient (Wildman–Crippen LogP) is 4.85. The van der Waals surface area contributed by atoms with Crippen molar-refractivity contribution in [1.82, 2.24) is 9.47 Å². The number of benzene rings is 2. The van der Waals surface area contributed by atoms with Crippen molar-refractivity contribution in [3.63, 3.8) is 0 Å². The summed E-state index contributed by atoms with van der Waals surface area (Å²) in [4.78, 5) is 24.0. The lowest BCUT2D eigenvalue weighted by Gasteiger charge is -2.20. The Morgan fingerprint density at radius 1 is 1.15 bits per heavy atom. The summed E-state index contributed by atoms with van der Waals surface area (Å²) in [6.07, 6.45) is 4.98. The number of likely N-dealkylation sites (tertiary alicyclic amines) is 1. The molecule has 182 valence electrons. The fraction of sp³-hybridized carbons (Fsp3) is 0.407. The first kappa shape index (κ1) is 25.3. The SMILES string of the molecule is CCCC(N)=O.C[C@@H]1CCCN1CCCOc1ccc(-n2c(C(=O)O)cc3ccccc32)cc1. The van der Waals surface area contributed by atoms with Crippen LogP contribution in [-0.4, -0.2) is 52.2 Å². The molecule has 34 heavy (non-hydrogen) atoms. The van der Waals surface area contributed by atoms with E-state index in [0.29, 0.717) is 19.1 Å². The van der Waals surface area contributed by atoms with E-state index in [1.54, 1.807) is 10.6 Å². The third-order valence-corrected chi connectivity index (χ3v) is 6.07. The molecule has 1 amide bonds. The fourth-order valence-electron chi connectivity index (χ4n) is 4.31.